The van der Waals surface area contributed by atoms with Gasteiger partial charge in [-0.1, -0.05) is 82.3 Å². The third-order valence-corrected chi connectivity index (χ3v) is 6.07. The Balaban J connectivity index is 0.000000213. The number of carbonyl (C=O) groups is 2. The van der Waals surface area contributed by atoms with E-state index in [1.165, 1.54) is 4.85 Å². The van der Waals surface area contributed by atoms with Gasteiger partial charge < -0.3 is 29.0 Å². The van der Waals surface area contributed by atoms with Crippen molar-refractivity contribution in [2.45, 2.75) is 0 Å². The number of nitrogens with zero attached hydrogens (tertiary/aromatic N) is 6. The first-order valence-electron chi connectivity index (χ1n) is 14.1. The Morgan fingerprint density at radius 3 is 1.67 bits per heavy atom. The van der Waals surface area contributed by atoms with Crippen molar-refractivity contribution in [2.24, 2.45) is 0 Å². The van der Waals surface area contributed by atoms with Crippen LogP contribution in [0.5, 0.6) is 0 Å². The molecule has 14 nitrogen and oxygen atoms in total. The number of hydrogen-bond donors (Lipinski definition) is 0. The normalized spacial score (nSPS) is 10.1. The Bertz CT molecular complexity index is 1810. The maximum absolute atomic E-state index is 11.7. The maximum atomic E-state index is 11.7. The summed E-state index contributed by atoms with van der Waals surface area (Å²) >= 11 is 5.27. The summed E-state index contributed by atoms with van der Waals surface area (Å²) in [4.78, 5) is 30.1. The topological polar surface area (TPSA) is 165 Å². The van der Waals surface area contributed by atoms with Gasteiger partial charge in [-0.25, -0.2) is 9.59 Å². The number of para-hydroxylation sites is 2. The van der Waals surface area contributed by atoms with Crippen molar-refractivity contribution in [2.75, 3.05) is 39.3 Å². The van der Waals surface area contributed by atoms with E-state index < -0.39 is 0 Å². The van der Waals surface area contributed by atoms with Gasteiger partial charge >= 0.3 is 63.3 Å². The summed E-state index contributed by atoms with van der Waals surface area (Å²) in [7, 11) is 0. The Morgan fingerprint density at radius 1 is 0.625 bits per heavy atom. The molecule has 0 bridgehead atoms. The monoisotopic (exact) mass is 700 g/mol. The summed E-state index contributed by atoms with van der Waals surface area (Å²) in [5.74, 6) is -0.721. The van der Waals surface area contributed by atoms with Crippen molar-refractivity contribution in [3.05, 3.63) is 126 Å². The van der Waals surface area contributed by atoms with Crippen molar-refractivity contribution in [1.82, 2.24) is 30.3 Å². The summed E-state index contributed by atoms with van der Waals surface area (Å²) in [5.41, 5.74) is 3.70. The molecule has 0 aliphatic carbocycles. The number of rotatable bonds is 12. The molecule has 0 amide bonds. The molecule has 0 aliphatic heterocycles. The van der Waals surface area contributed by atoms with E-state index in [4.69, 9.17) is 35.4 Å². The fraction of sp³-hybridized carbons (Fsp3) is 0.188. The van der Waals surface area contributed by atoms with Gasteiger partial charge in [0.25, 0.3) is 0 Å². The Morgan fingerprint density at radius 2 is 1.10 bits per heavy atom. The third-order valence-electron chi connectivity index (χ3n) is 5.92. The fourth-order valence-electron chi connectivity index (χ4n) is 3.69. The summed E-state index contributed by atoms with van der Waals surface area (Å²) in [6, 6.07) is 32.2. The van der Waals surface area contributed by atoms with Crippen molar-refractivity contribution < 1.29 is 84.8 Å². The Hall–Kier alpha value is -3.93. The van der Waals surface area contributed by atoms with E-state index in [-0.39, 0.29) is 96.0 Å². The molecule has 0 radical (unpaired) electrons. The largest absolute Gasteiger partial charge is 1.00 e. The molecule has 0 N–H and O–H groups in total. The molecule has 2 aromatic heterocycles. The number of hydrogen-bond acceptors (Lipinski definition) is 12. The molecular formula is C32H30ClKN6O8. The van der Waals surface area contributed by atoms with Gasteiger partial charge in [0.1, 0.15) is 35.8 Å². The van der Waals surface area contributed by atoms with Gasteiger partial charge in [-0.15, -0.1) is 10.2 Å². The van der Waals surface area contributed by atoms with Crippen LogP contribution in [0.1, 0.15) is 20.7 Å². The van der Waals surface area contributed by atoms with Crippen LogP contribution in [0.25, 0.3) is 22.1 Å². The number of benzene rings is 4. The summed E-state index contributed by atoms with van der Waals surface area (Å²) < 4.78 is 20.1. The zero-order chi connectivity index (χ0) is 33.1. The van der Waals surface area contributed by atoms with E-state index in [0.29, 0.717) is 33.6 Å². The van der Waals surface area contributed by atoms with Gasteiger partial charge in [-0.05, 0) is 53.7 Å². The Labute approximate surface area is 322 Å². The minimum absolute atomic E-state index is 0. The second kappa shape index (κ2) is 21.8. The molecule has 6 rings (SSSR count). The van der Waals surface area contributed by atoms with E-state index in [0.717, 1.165) is 11.0 Å². The van der Waals surface area contributed by atoms with E-state index in [1.54, 1.807) is 66.7 Å². The molecule has 0 saturated carbocycles. The van der Waals surface area contributed by atoms with Gasteiger partial charge in [0.05, 0.1) is 29.9 Å². The SMILES string of the molecule is O=C(OCCOCCl)c1ccccc1.O=C(OCCOCOn1nnc2ccccc21)c1ccccc1.[K+].[O-]n1nnc2ccccc21. The van der Waals surface area contributed by atoms with Crippen LogP contribution in [0, 0.1) is 5.21 Å². The zero-order valence-electron chi connectivity index (χ0n) is 26.0. The third kappa shape index (κ3) is 12.6. The second-order valence-corrected chi connectivity index (χ2v) is 9.30. The van der Waals surface area contributed by atoms with E-state index in [1.807, 2.05) is 42.5 Å². The van der Waals surface area contributed by atoms with Crippen LogP contribution in [-0.4, -0.2) is 81.5 Å². The zero-order valence-corrected chi connectivity index (χ0v) is 29.8. The van der Waals surface area contributed by atoms with Crippen molar-refractivity contribution in [1.29, 1.82) is 0 Å². The minimum Gasteiger partial charge on any atom is -0.789 e. The number of carbonyl (C=O) groups excluding carboxylic acids is 2. The van der Waals surface area contributed by atoms with Crippen molar-refractivity contribution in [3.8, 4) is 0 Å². The second-order valence-electron chi connectivity index (χ2n) is 9.08. The first-order chi connectivity index (χ1) is 23.1. The van der Waals surface area contributed by atoms with Crippen LogP contribution in [0.15, 0.2) is 109 Å². The molecule has 4 aromatic carbocycles. The predicted octanol–water partition coefficient (Wildman–Crippen LogP) is 1.53. The standard InChI is InChI=1S/C16H15N3O4.C10H11ClO3.C6H4N3O.K/c20-16(13-6-2-1-3-7-13)22-11-10-21-12-23-19-15-9-5-4-8-14(15)17-18-19;11-8-13-6-7-14-10(12)9-4-2-1-3-5-9;10-9-6-4-2-1-3-5(6)7-8-9;/h1-9H,10-12H2;1-5H,6-8H2;1-4H;/q;;-1;+1. The molecular weight excluding hydrogens is 671 g/mol. The molecule has 16 heteroatoms. The van der Waals surface area contributed by atoms with Gasteiger partial charge in [-0.2, -0.15) is 0 Å². The van der Waals surface area contributed by atoms with Crippen LogP contribution in [0.3, 0.4) is 0 Å². The molecule has 0 atom stereocenters. The summed E-state index contributed by atoms with van der Waals surface area (Å²) in [6.07, 6.45) is 0. The van der Waals surface area contributed by atoms with Gasteiger partial charge in [0.15, 0.2) is 0 Å². The quantitative estimate of drug-likeness (QED) is 0.0595. The van der Waals surface area contributed by atoms with Crippen molar-refractivity contribution >= 4 is 45.6 Å². The number of aromatic nitrogens is 6. The number of halogens is 1. The smallest absolute Gasteiger partial charge is 0.789 e. The molecule has 2 heterocycles. The number of alkyl halides is 1. The van der Waals surface area contributed by atoms with Crippen LogP contribution in [0.2, 0.25) is 0 Å². The van der Waals surface area contributed by atoms with Gasteiger partial charge in [0, 0.05) is 0 Å². The van der Waals surface area contributed by atoms with E-state index in [9.17, 15) is 14.8 Å². The van der Waals surface area contributed by atoms with Crippen LogP contribution < -0.4 is 56.2 Å². The molecule has 0 aliphatic rings. The number of fused-ring (bicyclic) bond motifs is 2. The Kier molecular flexibility index (Phi) is 17.5. The average molecular weight is 701 g/mol. The molecule has 0 saturated heterocycles. The first-order valence-corrected chi connectivity index (χ1v) is 14.7. The molecule has 244 valence electrons. The number of ether oxygens (including phenoxy) is 4. The van der Waals surface area contributed by atoms with Crippen LogP contribution >= 0.6 is 11.6 Å². The molecule has 0 fully saturated rings. The average Bonchev–Trinajstić information content (AvgIpc) is 3.72. The van der Waals surface area contributed by atoms with Crippen LogP contribution in [0.4, 0.5) is 0 Å². The fourth-order valence-corrected chi connectivity index (χ4v) is 3.80. The maximum Gasteiger partial charge on any atom is 1.00 e. The first kappa shape index (κ1) is 38.5. The van der Waals surface area contributed by atoms with Crippen molar-refractivity contribution in [3.63, 3.8) is 0 Å². The predicted molar refractivity (Wildman–Crippen MR) is 171 cm³/mol. The molecule has 0 spiro atoms. The molecule has 0 unspecified atom stereocenters. The van der Waals surface area contributed by atoms with E-state index in [2.05, 4.69) is 20.6 Å². The van der Waals surface area contributed by atoms with Gasteiger partial charge in [-0.3, -0.25) is 4.85 Å². The molecule has 48 heavy (non-hydrogen) atoms. The van der Waals surface area contributed by atoms with Crippen LogP contribution in [-0.2, 0) is 18.9 Å². The summed E-state index contributed by atoms with van der Waals surface area (Å²) in [6.45, 7) is 0.902. The number of esters is 2. The van der Waals surface area contributed by atoms with Gasteiger partial charge in [0.2, 0.25) is 6.79 Å². The molecule has 6 aromatic rings. The minimum atomic E-state index is -0.377. The summed E-state index contributed by atoms with van der Waals surface area (Å²) in [5, 5.41) is 25.5. The van der Waals surface area contributed by atoms with E-state index >= 15 is 0 Å².